The predicted octanol–water partition coefficient (Wildman–Crippen LogP) is 2.71. The summed E-state index contributed by atoms with van der Waals surface area (Å²) in [4.78, 5) is 44.2. The average Bonchev–Trinajstić information content (AvgIpc) is 3.41. The second kappa shape index (κ2) is 7.29. The van der Waals surface area contributed by atoms with Gasteiger partial charge in [0, 0.05) is 29.5 Å². The molecule has 4 rings (SSSR count). The van der Waals surface area contributed by atoms with Gasteiger partial charge in [-0.25, -0.2) is 19.9 Å². The lowest BCUT2D eigenvalue weighted by Crippen LogP contribution is -2.11. The van der Waals surface area contributed by atoms with Crippen molar-refractivity contribution in [3.8, 4) is 22.1 Å². The van der Waals surface area contributed by atoms with Crippen LogP contribution in [0.1, 0.15) is 25.9 Å². The Balaban J connectivity index is 1.52. The second-order valence-electron chi connectivity index (χ2n) is 5.66. The van der Waals surface area contributed by atoms with E-state index in [0.29, 0.717) is 43.5 Å². The van der Waals surface area contributed by atoms with Crippen LogP contribution < -0.4 is 11.1 Å². The van der Waals surface area contributed by atoms with Crippen LogP contribution in [0, 0.1) is 6.92 Å². The summed E-state index contributed by atoms with van der Waals surface area (Å²) in [6.45, 7) is 1.76. The van der Waals surface area contributed by atoms with Crippen LogP contribution in [0.5, 0.6) is 0 Å². The predicted molar refractivity (Wildman–Crippen MR) is 106 cm³/mol. The van der Waals surface area contributed by atoms with Crippen molar-refractivity contribution >= 4 is 39.6 Å². The Morgan fingerprint density at radius 2 is 2.00 bits per heavy atom. The van der Waals surface area contributed by atoms with E-state index in [1.165, 1.54) is 22.7 Å². The maximum Gasteiger partial charge on any atom is 0.269 e. The zero-order chi connectivity index (χ0) is 19.7. The first-order chi connectivity index (χ1) is 13.5. The number of rotatable bonds is 5. The van der Waals surface area contributed by atoms with Crippen LogP contribution in [0.3, 0.4) is 0 Å². The first-order valence-corrected chi connectivity index (χ1v) is 9.71. The molecule has 0 fully saturated rings. The number of hydrogen-bond acceptors (Lipinski definition) is 8. The minimum Gasteiger partial charge on any atom is -0.364 e. The molecular weight excluding hydrogens is 398 g/mol. The fourth-order valence-corrected chi connectivity index (χ4v) is 4.04. The molecule has 4 N–H and O–H groups in total. The van der Waals surface area contributed by atoms with E-state index in [2.05, 4.69) is 30.2 Å². The van der Waals surface area contributed by atoms with Crippen LogP contribution >= 0.6 is 22.7 Å². The van der Waals surface area contributed by atoms with E-state index in [4.69, 9.17) is 5.73 Å². The van der Waals surface area contributed by atoms with Gasteiger partial charge in [0.05, 0.1) is 11.4 Å². The Bertz CT molecular complexity index is 1160. The van der Waals surface area contributed by atoms with Gasteiger partial charge < -0.3 is 10.7 Å². The molecule has 0 bridgehead atoms. The number of H-pyrrole nitrogens is 1. The summed E-state index contributed by atoms with van der Waals surface area (Å²) >= 11 is 2.50. The van der Waals surface area contributed by atoms with Crippen molar-refractivity contribution in [2.24, 2.45) is 5.73 Å². The largest absolute Gasteiger partial charge is 0.364 e. The molecule has 140 valence electrons. The van der Waals surface area contributed by atoms with Crippen LogP contribution in [0.2, 0.25) is 0 Å². The van der Waals surface area contributed by atoms with Crippen LogP contribution in [-0.2, 0) is 0 Å². The van der Waals surface area contributed by atoms with Crippen molar-refractivity contribution in [1.29, 1.82) is 0 Å². The quantitative estimate of drug-likeness (QED) is 0.461. The third kappa shape index (κ3) is 3.52. The molecule has 0 aliphatic rings. The molecular formula is C17H13N7O2S2. The highest BCUT2D eigenvalue weighted by molar-refractivity contribution is 7.17. The number of primary amides is 1. The SMILES string of the molecule is Cc1nc(-c2ncccn2)sc1C(=O)Nc1nc(-c2c[nH]c(C(N)=O)c2)cs1. The Morgan fingerprint density at radius 3 is 2.71 bits per heavy atom. The van der Waals surface area contributed by atoms with E-state index in [1.54, 1.807) is 43.0 Å². The topological polar surface area (TPSA) is 140 Å². The Kier molecular flexibility index (Phi) is 4.67. The highest BCUT2D eigenvalue weighted by atomic mass is 32.1. The first-order valence-electron chi connectivity index (χ1n) is 8.01. The minimum absolute atomic E-state index is 0.296. The van der Waals surface area contributed by atoms with Crippen LogP contribution in [-0.4, -0.2) is 36.7 Å². The van der Waals surface area contributed by atoms with Crippen LogP contribution in [0.25, 0.3) is 22.1 Å². The molecule has 0 saturated carbocycles. The summed E-state index contributed by atoms with van der Waals surface area (Å²) in [6, 6.07) is 3.33. The third-order valence-corrected chi connectivity index (χ3v) is 5.64. The summed E-state index contributed by atoms with van der Waals surface area (Å²) in [7, 11) is 0. The molecule has 9 nitrogen and oxygen atoms in total. The maximum absolute atomic E-state index is 12.6. The smallest absolute Gasteiger partial charge is 0.269 e. The van der Waals surface area contributed by atoms with Gasteiger partial charge in [0.2, 0.25) is 0 Å². The normalized spacial score (nSPS) is 10.8. The molecule has 4 aromatic rings. The number of anilines is 1. The van der Waals surface area contributed by atoms with Gasteiger partial charge in [-0.15, -0.1) is 22.7 Å². The lowest BCUT2D eigenvalue weighted by molar-refractivity contribution is 0.0994. The average molecular weight is 411 g/mol. The van der Waals surface area contributed by atoms with Crippen molar-refractivity contribution in [1.82, 2.24) is 24.9 Å². The number of carbonyl (C=O) groups excluding carboxylic acids is 2. The van der Waals surface area contributed by atoms with Gasteiger partial charge in [0.15, 0.2) is 16.0 Å². The minimum atomic E-state index is -0.547. The van der Waals surface area contributed by atoms with E-state index >= 15 is 0 Å². The van der Waals surface area contributed by atoms with Gasteiger partial charge in [0.1, 0.15) is 10.6 Å². The number of aryl methyl sites for hydroxylation is 1. The number of carbonyl (C=O) groups is 2. The second-order valence-corrected chi connectivity index (χ2v) is 7.52. The standard InChI is InChI=1S/C17H13N7O2S2/c1-8-12(28-16(22-8)14-19-3-2-4-20-14)15(26)24-17-23-11(7-27-17)9-5-10(13(18)25)21-6-9/h2-7,21H,1H3,(H2,18,25)(H,23,24,26). The zero-order valence-electron chi connectivity index (χ0n) is 14.5. The summed E-state index contributed by atoms with van der Waals surface area (Å²) in [5.41, 5.74) is 7.47. The summed E-state index contributed by atoms with van der Waals surface area (Å²) < 4.78 is 0. The maximum atomic E-state index is 12.6. The Hall–Kier alpha value is -3.44. The van der Waals surface area contributed by atoms with Gasteiger partial charge in [-0.3, -0.25) is 14.9 Å². The Labute approximate surface area is 166 Å². The monoisotopic (exact) mass is 411 g/mol. The van der Waals surface area contributed by atoms with Crippen LogP contribution in [0.4, 0.5) is 5.13 Å². The van der Waals surface area contributed by atoms with Gasteiger partial charge in [-0.05, 0) is 19.1 Å². The van der Waals surface area contributed by atoms with E-state index in [-0.39, 0.29) is 5.91 Å². The molecule has 0 spiro atoms. The summed E-state index contributed by atoms with van der Waals surface area (Å²) in [5, 5.41) is 5.58. The van der Waals surface area contributed by atoms with Gasteiger partial charge >= 0.3 is 0 Å². The lowest BCUT2D eigenvalue weighted by Gasteiger charge is -1.99. The number of nitrogens with zero attached hydrogens (tertiary/aromatic N) is 4. The van der Waals surface area contributed by atoms with Gasteiger partial charge in [-0.1, -0.05) is 0 Å². The van der Waals surface area contributed by atoms with Crippen molar-refractivity contribution in [2.75, 3.05) is 5.32 Å². The molecule has 0 aliphatic heterocycles. The fraction of sp³-hybridized carbons (Fsp3) is 0.0588. The van der Waals surface area contributed by atoms with Crippen LogP contribution in [0.15, 0.2) is 36.1 Å². The molecule has 4 aromatic heterocycles. The van der Waals surface area contributed by atoms with E-state index in [0.717, 1.165) is 0 Å². The van der Waals surface area contributed by atoms with E-state index < -0.39 is 5.91 Å². The molecule has 0 saturated heterocycles. The molecule has 2 amide bonds. The zero-order valence-corrected chi connectivity index (χ0v) is 16.1. The third-order valence-electron chi connectivity index (χ3n) is 3.73. The number of aromatic amines is 1. The van der Waals surface area contributed by atoms with E-state index in [1.807, 2.05) is 0 Å². The molecule has 0 atom stereocenters. The van der Waals surface area contributed by atoms with E-state index in [9.17, 15) is 9.59 Å². The molecule has 11 heteroatoms. The molecule has 0 aromatic carbocycles. The summed E-state index contributed by atoms with van der Waals surface area (Å²) in [6.07, 6.45) is 4.89. The molecule has 0 aliphatic carbocycles. The number of amides is 2. The molecule has 0 radical (unpaired) electrons. The molecule has 0 unspecified atom stereocenters. The number of aromatic nitrogens is 5. The summed E-state index contributed by atoms with van der Waals surface area (Å²) in [5.74, 6) is -0.372. The molecule has 4 heterocycles. The Morgan fingerprint density at radius 1 is 1.21 bits per heavy atom. The number of thiazole rings is 2. The van der Waals surface area contributed by atoms with Gasteiger partial charge in [0.25, 0.3) is 11.8 Å². The fourth-order valence-electron chi connectivity index (χ4n) is 2.41. The number of nitrogens with one attached hydrogen (secondary N) is 2. The number of nitrogens with two attached hydrogens (primary N) is 1. The first kappa shape index (κ1) is 17.9. The van der Waals surface area contributed by atoms with Crippen molar-refractivity contribution < 1.29 is 9.59 Å². The number of hydrogen-bond donors (Lipinski definition) is 3. The van der Waals surface area contributed by atoms with Crippen molar-refractivity contribution in [3.63, 3.8) is 0 Å². The van der Waals surface area contributed by atoms with Gasteiger partial charge in [-0.2, -0.15) is 0 Å². The van der Waals surface area contributed by atoms with Crippen molar-refractivity contribution in [2.45, 2.75) is 6.92 Å². The molecule has 28 heavy (non-hydrogen) atoms. The van der Waals surface area contributed by atoms with Crippen molar-refractivity contribution in [3.05, 3.63) is 52.4 Å². The highest BCUT2D eigenvalue weighted by Crippen LogP contribution is 2.28. The highest BCUT2D eigenvalue weighted by Gasteiger charge is 2.19. The lowest BCUT2D eigenvalue weighted by atomic mass is 10.2.